The van der Waals surface area contributed by atoms with Crippen LogP contribution in [0.3, 0.4) is 0 Å². The summed E-state index contributed by atoms with van der Waals surface area (Å²) >= 11 is 6.22. The zero-order valence-electron chi connectivity index (χ0n) is 12.2. The highest BCUT2D eigenvalue weighted by atomic mass is 35.5. The molecule has 0 saturated heterocycles. The van der Waals surface area contributed by atoms with E-state index in [0.717, 1.165) is 16.5 Å². The maximum Gasteiger partial charge on any atom is 0.199 e. The maximum absolute atomic E-state index is 6.22. The fraction of sp³-hybridized carbons (Fsp3) is 0.222. The molecule has 0 spiro atoms. The highest BCUT2D eigenvalue weighted by molar-refractivity contribution is 6.30. The molecule has 1 aromatic heterocycles. The molecule has 0 saturated carbocycles. The van der Waals surface area contributed by atoms with E-state index in [1.54, 1.807) is 0 Å². The first-order valence-corrected chi connectivity index (χ1v) is 7.49. The summed E-state index contributed by atoms with van der Waals surface area (Å²) < 4.78 is 5.59. The predicted octanol–water partition coefficient (Wildman–Crippen LogP) is 5.25. The minimum Gasteiger partial charge on any atom is -0.444 e. The number of hydrogen-bond donors (Lipinski definition) is 1. The molecule has 1 atom stereocenters. The van der Waals surface area contributed by atoms with Gasteiger partial charge in [-0.05, 0) is 42.6 Å². The van der Waals surface area contributed by atoms with Crippen molar-refractivity contribution in [2.75, 3.05) is 0 Å². The minimum atomic E-state index is 0.260. The van der Waals surface area contributed by atoms with E-state index in [1.807, 2.05) is 24.3 Å². The molecule has 108 valence electrons. The molecular weight excluding hydrogens is 282 g/mol. The zero-order chi connectivity index (χ0) is 14.8. The van der Waals surface area contributed by atoms with E-state index in [4.69, 9.17) is 16.0 Å². The van der Waals surface area contributed by atoms with Gasteiger partial charge in [-0.1, -0.05) is 42.5 Å². The molecule has 0 amide bonds. The molecule has 0 radical (unpaired) electrons. The Morgan fingerprint density at radius 3 is 2.62 bits per heavy atom. The van der Waals surface area contributed by atoms with E-state index in [-0.39, 0.29) is 6.04 Å². The standard InChI is InChI=1S/C18H18ClNO/c1-12-7-3-4-8-14(12)13(2)20-11-16-15-9-5-6-10-17(15)21-18(16)19/h3-10,13,20H,11H2,1-2H3/t13-/m1/s1. The average Bonchev–Trinajstić information content (AvgIpc) is 2.81. The van der Waals surface area contributed by atoms with Gasteiger partial charge in [0.2, 0.25) is 0 Å². The maximum atomic E-state index is 6.22. The van der Waals surface area contributed by atoms with E-state index >= 15 is 0 Å². The molecule has 0 bridgehead atoms. The quantitative estimate of drug-likeness (QED) is 0.712. The van der Waals surface area contributed by atoms with E-state index in [1.165, 1.54) is 11.1 Å². The SMILES string of the molecule is Cc1ccccc1[C@@H](C)NCc1c(Cl)oc2ccccc12. The summed E-state index contributed by atoms with van der Waals surface area (Å²) in [7, 11) is 0. The predicted molar refractivity (Wildman–Crippen MR) is 87.7 cm³/mol. The fourth-order valence-electron chi connectivity index (χ4n) is 2.67. The molecule has 0 aliphatic carbocycles. The Kier molecular flexibility index (Phi) is 4.00. The number of hydrogen-bond acceptors (Lipinski definition) is 2. The van der Waals surface area contributed by atoms with Crippen LogP contribution in [0.4, 0.5) is 0 Å². The second kappa shape index (κ2) is 5.92. The topological polar surface area (TPSA) is 25.2 Å². The van der Waals surface area contributed by atoms with Crippen molar-refractivity contribution in [1.82, 2.24) is 5.32 Å². The average molecular weight is 300 g/mol. The molecule has 2 nitrogen and oxygen atoms in total. The van der Waals surface area contributed by atoms with Crippen molar-refractivity contribution in [3.05, 3.63) is 70.4 Å². The molecule has 0 aliphatic rings. The summed E-state index contributed by atoms with van der Waals surface area (Å²) in [5.74, 6) is 0. The number of furan rings is 1. The monoisotopic (exact) mass is 299 g/mol. The molecule has 21 heavy (non-hydrogen) atoms. The molecule has 3 rings (SSSR count). The number of fused-ring (bicyclic) bond motifs is 1. The molecule has 0 fully saturated rings. The van der Waals surface area contributed by atoms with Gasteiger partial charge in [-0.15, -0.1) is 0 Å². The lowest BCUT2D eigenvalue weighted by Crippen LogP contribution is -2.18. The van der Waals surface area contributed by atoms with Gasteiger partial charge in [0.05, 0.1) is 0 Å². The molecule has 0 unspecified atom stereocenters. The Morgan fingerprint density at radius 1 is 1.10 bits per heavy atom. The summed E-state index contributed by atoms with van der Waals surface area (Å²) in [5, 5.41) is 5.08. The van der Waals surface area contributed by atoms with Gasteiger partial charge >= 0.3 is 0 Å². The summed E-state index contributed by atoms with van der Waals surface area (Å²) in [6.07, 6.45) is 0. The molecule has 1 N–H and O–H groups in total. The van der Waals surface area contributed by atoms with Gasteiger partial charge in [0, 0.05) is 23.5 Å². The van der Waals surface area contributed by atoms with Gasteiger partial charge in [0.15, 0.2) is 5.22 Å². The van der Waals surface area contributed by atoms with Crippen molar-refractivity contribution in [2.45, 2.75) is 26.4 Å². The number of halogens is 1. The van der Waals surface area contributed by atoms with Crippen LogP contribution in [0.2, 0.25) is 5.22 Å². The largest absolute Gasteiger partial charge is 0.444 e. The van der Waals surface area contributed by atoms with Gasteiger partial charge in [-0.25, -0.2) is 0 Å². The molecule has 1 heterocycles. The third-order valence-corrected chi connectivity index (χ3v) is 4.19. The van der Waals surface area contributed by atoms with Gasteiger partial charge in [-0.2, -0.15) is 0 Å². The number of rotatable bonds is 4. The first-order valence-electron chi connectivity index (χ1n) is 7.11. The van der Waals surface area contributed by atoms with Crippen LogP contribution in [0.25, 0.3) is 11.0 Å². The van der Waals surface area contributed by atoms with Gasteiger partial charge in [0.1, 0.15) is 5.58 Å². The van der Waals surface area contributed by atoms with Crippen LogP contribution in [0.5, 0.6) is 0 Å². The van der Waals surface area contributed by atoms with Crippen molar-refractivity contribution in [3.8, 4) is 0 Å². The number of nitrogens with one attached hydrogen (secondary N) is 1. The lowest BCUT2D eigenvalue weighted by Gasteiger charge is -2.16. The van der Waals surface area contributed by atoms with Crippen LogP contribution in [0, 0.1) is 6.92 Å². The van der Waals surface area contributed by atoms with E-state index in [2.05, 4.69) is 43.4 Å². The van der Waals surface area contributed by atoms with Gasteiger partial charge in [0.25, 0.3) is 0 Å². The summed E-state index contributed by atoms with van der Waals surface area (Å²) in [6, 6.07) is 16.6. The first kappa shape index (κ1) is 14.2. The molecule has 3 aromatic rings. The van der Waals surface area contributed by atoms with Crippen LogP contribution in [-0.2, 0) is 6.54 Å². The van der Waals surface area contributed by atoms with Crippen molar-refractivity contribution < 1.29 is 4.42 Å². The third-order valence-electron chi connectivity index (χ3n) is 3.89. The molecular formula is C18H18ClNO. The van der Waals surface area contributed by atoms with Crippen molar-refractivity contribution in [2.24, 2.45) is 0 Å². The van der Waals surface area contributed by atoms with Crippen molar-refractivity contribution in [3.63, 3.8) is 0 Å². The highest BCUT2D eigenvalue weighted by Crippen LogP contribution is 2.30. The number of aryl methyl sites for hydroxylation is 1. The van der Waals surface area contributed by atoms with Crippen molar-refractivity contribution >= 4 is 22.6 Å². The first-order chi connectivity index (χ1) is 10.2. The number of benzene rings is 2. The highest BCUT2D eigenvalue weighted by Gasteiger charge is 2.14. The van der Waals surface area contributed by atoms with Crippen LogP contribution >= 0.6 is 11.6 Å². The minimum absolute atomic E-state index is 0.260. The molecule has 3 heteroatoms. The lowest BCUT2D eigenvalue weighted by molar-refractivity contribution is 0.561. The number of para-hydroxylation sites is 1. The van der Waals surface area contributed by atoms with Gasteiger partial charge < -0.3 is 9.73 Å². The Labute approximate surface area is 129 Å². The van der Waals surface area contributed by atoms with Crippen LogP contribution < -0.4 is 5.32 Å². The van der Waals surface area contributed by atoms with Crippen LogP contribution in [-0.4, -0.2) is 0 Å². The van der Waals surface area contributed by atoms with Crippen molar-refractivity contribution in [1.29, 1.82) is 0 Å². The summed E-state index contributed by atoms with van der Waals surface area (Å²) in [4.78, 5) is 0. The van der Waals surface area contributed by atoms with E-state index < -0.39 is 0 Å². The summed E-state index contributed by atoms with van der Waals surface area (Å²) in [6.45, 7) is 4.98. The Hall–Kier alpha value is -1.77. The van der Waals surface area contributed by atoms with E-state index in [0.29, 0.717) is 11.8 Å². The van der Waals surface area contributed by atoms with Crippen LogP contribution in [0.15, 0.2) is 52.9 Å². The molecule has 0 aliphatic heterocycles. The summed E-state index contributed by atoms with van der Waals surface area (Å²) in [5.41, 5.74) is 4.46. The Balaban J connectivity index is 1.81. The normalized spacial score (nSPS) is 12.7. The molecule has 2 aromatic carbocycles. The smallest absolute Gasteiger partial charge is 0.199 e. The second-order valence-electron chi connectivity index (χ2n) is 5.31. The third kappa shape index (κ3) is 2.82. The van der Waals surface area contributed by atoms with Crippen LogP contribution in [0.1, 0.15) is 29.7 Å². The van der Waals surface area contributed by atoms with Gasteiger partial charge in [-0.3, -0.25) is 0 Å². The zero-order valence-corrected chi connectivity index (χ0v) is 12.9. The lowest BCUT2D eigenvalue weighted by atomic mass is 10.0. The Bertz CT molecular complexity index is 763. The second-order valence-corrected chi connectivity index (χ2v) is 5.65. The fourth-order valence-corrected chi connectivity index (χ4v) is 2.92. The Morgan fingerprint density at radius 2 is 1.81 bits per heavy atom. The van der Waals surface area contributed by atoms with E-state index in [9.17, 15) is 0 Å².